The van der Waals surface area contributed by atoms with Crippen LogP contribution in [0.4, 0.5) is 4.39 Å². The Morgan fingerprint density at radius 2 is 2.10 bits per heavy atom. The molecule has 1 aromatic heterocycles. The molecule has 2 aromatic rings. The van der Waals surface area contributed by atoms with E-state index in [1.807, 2.05) is 0 Å². The molecule has 0 saturated heterocycles. The summed E-state index contributed by atoms with van der Waals surface area (Å²) in [4.78, 5) is 11.4. The molecule has 1 aromatic carbocycles. The Morgan fingerprint density at radius 3 is 2.75 bits per heavy atom. The molecule has 0 unspecified atom stereocenters. The predicted octanol–water partition coefficient (Wildman–Crippen LogP) is 2.43. The molecule has 0 atom stereocenters. The Balaban J connectivity index is 2.19. The summed E-state index contributed by atoms with van der Waals surface area (Å²) in [5.41, 5.74) is -0.140. The number of halogens is 1. The van der Waals surface area contributed by atoms with Crippen LogP contribution in [0, 0.1) is 11.0 Å². The lowest BCUT2D eigenvalue weighted by molar-refractivity contribution is -0.608. The fraction of sp³-hybridized carbons (Fsp3) is 0.143. The number of benzene rings is 1. The highest BCUT2D eigenvalue weighted by molar-refractivity contribution is 5.85. The highest BCUT2D eigenvalue weighted by Gasteiger charge is 2.18. The van der Waals surface area contributed by atoms with Gasteiger partial charge in [-0.15, -0.1) is 0 Å². The standard InChI is InChI=1S/C14H12FNO4/c1-2-19-14(17)13-7-6-12(9-16(13)18)20-11-5-3-4-10(15)8-11/h3-9H,2H2,1H3. The van der Waals surface area contributed by atoms with Crippen molar-refractivity contribution < 1.29 is 23.4 Å². The molecule has 1 heterocycles. The molecule has 0 amide bonds. The normalized spacial score (nSPS) is 10.1. The first-order valence-electron chi connectivity index (χ1n) is 5.94. The predicted molar refractivity (Wildman–Crippen MR) is 67.8 cm³/mol. The van der Waals surface area contributed by atoms with E-state index in [4.69, 9.17) is 9.47 Å². The average molecular weight is 277 g/mol. The van der Waals surface area contributed by atoms with Gasteiger partial charge in [0.05, 0.1) is 6.61 Å². The summed E-state index contributed by atoms with van der Waals surface area (Å²) < 4.78 is 23.4. The fourth-order valence-electron chi connectivity index (χ4n) is 1.55. The van der Waals surface area contributed by atoms with Crippen molar-refractivity contribution >= 4 is 5.97 Å². The van der Waals surface area contributed by atoms with Gasteiger partial charge in [-0.2, -0.15) is 4.73 Å². The van der Waals surface area contributed by atoms with Gasteiger partial charge < -0.3 is 14.7 Å². The summed E-state index contributed by atoms with van der Waals surface area (Å²) in [5.74, 6) is -0.701. The quantitative estimate of drug-likeness (QED) is 0.489. The summed E-state index contributed by atoms with van der Waals surface area (Å²) >= 11 is 0. The molecule has 20 heavy (non-hydrogen) atoms. The van der Waals surface area contributed by atoms with Crippen molar-refractivity contribution in [1.29, 1.82) is 0 Å². The van der Waals surface area contributed by atoms with Gasteiger partial charge in [-0.05, 0) is 25.1 Å². The van der Waals surface area contributed by atoms with E-state index in [0.717, 1.165) is 6.20 Å². The number of nitrogens with zero attached hydrogens (tertiary/aromatic N) is 1. The molecule has 2 rings (SSSR count). The maximum absolute atomic E-state index is 13.0. The minimum Gasteiger partial charge on any atom is -0.618 e. The summed E-state index contributed by atoms with van der Waals surface area (Å²) in [6.07, 6.45) is 1.08. The molecule has 0 saturated carbocycles. The molecule has 104 valence electrons. The number of aromatic nitrogens is 1. The van der Waals surface area contributed by atoms with Gasteiger partial charge in [0, 0.05) is 12.1 Å². The molecule has 0 fully saturated rings. The smallest absolute Gasteiger partial charge is 0.405 e. The van der Waals surface area contributed by atoms with Gasteiger partial charge in [0.2, 0.25) is 6.20 Å². The minimum absolute atomic E-state index is 0.140. The lowest BCUT2D eigenvalue weighted by Gasteiger charge is -2.07. The number of carbonyl (C=O) groups excluding carboxylic acids is 1. The van der Waals surface area contributed by atoms with Gasteiger partial charge in [0.1, 0.15) is 11.6 Å². The second-order valence-corrected chi connectivity index (χ2v) is 3.86. The third-order valence-electron chi connectivity index (χ3n) is 2.40. The Kier molecular flexibility index (Phi) is 4.14. The number of esters is 1. The minimum atomic E-state index is -0.709. The third kappa shape index (κ3) is 3.23. The number of hydrogen-bond acceptors (Lipinski definition) is 4. The van der Waals surface area contributed by atoms with Gasteiger partial charge in [-0.25, -0.2) is 9.18 Å². The van der Waals surface area contributed by atoms with E-state index in [-0.39, 0.29) is 23.8 Å². The largest absolute Gasteiger partial charge is 0.618 e. The lowest BCUT2D eigenvalue weighted by atomic mass is 10.3. The zero-order valence-corrected chi connectivity index (χ0v) is 10.7. The first-order chi connectivity index (χ1) is 9.60. The van der Waals surface area contributed by atoms with Crippen LogP contribution in [-0.4, -0.2) is 12.6 Å². The second kappa shape index (κ2) is 6.01. The third-order valence-corrected chi connectivity index (χ3v) is 2.40. The van der Waals surface area contributed by atoms with Crippen molar-refractivity contribution in [2.75, 3.05) is 6.61 Å². The van der Waals surface area contributed by atoms with E-state index < -0.39 is 11.8 Å². The van der Waals surface area contributed by atoms with Crippen LogP contribution >= 0.6 is 0 Å². The van der Waals surface area contributed by atoms with E-state index in [1.54, 1.807) is 13.0 Å². The zero-order valence-electron chi connectivity index (χ0n) is 10.7. The molecule has 6 heteroatoms. The second-order valence-electron chi connectivity index (χ2n) is 3.86. The van der Waals surface area contributed by atoms with E-state index in [2.05, 4.69) is 0 Å². The number of pyridine rings is 1. The summed E-state index contributed by atoms with van der Waals surface area (Å²) in [5, 5.41) is 11.7. The number of hydrogen-bond donors (Lipinski definition) is 0. The molecule has 5 nitrogen and oxygen atoms in total. The monoisotopic (exact) mass is 277 g/mol. The molecule has 0 aliphatic carbocycles. The summed E-state index contributed by atoms with van der Waals surface area (Å²) in [6.45, 7) is 1.83. The highest BCUT2D eigenvalue weighted by atomic mass is 19.1. The number of rotatable bonds is 4. The first-order valence-corrected chi connectivity index (χ1v) is 5.94. The van der Waals surface area contributed by atoms with Crippen molar-refractivity contribution in [3.63, 3.8) is 0 Å². The fourth-order valence-corrected chi connectivity index (χ4v) is 1.55. The van der Waals surface area contributed by atoms with Crippen molar-refractivity contribution in [1.82, 2.24) is 0 Å². The van der Waals surface area contributed by atoms with Crippen LogP contribution in [0.1, 0.15) is 17.4 Å². The van der Waals surface area contributed by atoms with Crippen molar-refractivity contribution in [3.05, 3.63) is 59.3 Å². The van der Waals surface area contributed by atoms with E-state index in [1.165, 1.54) is 30.3 Å². The van der Waals surface area contributed by atoms with Crippen LogP contribution in [0.5, 0.6) is 11.5 Å². The van der Waals surface area contributed by atoms with Crippen molar-refractivity contribution in [2.24, 2.45) is 0 Å². The Hall–Kier alpha value is -2.63. The van der Waals surface area contributed by atoms with E-state index in [0.29, 0.717) is 4.73 Å². The zero-order chi connectivity index (χ0) is 14.5. The van der Waals surface area contributed by atoms with E-state index >= 15 is 0 Å². The molecule has 0 radical (unpaired) electrons. The molecular formula is C14H12FNO4. The molecule has 0 N–H and O–H groups in total. The molecule has 0 bridgehead atoms. The maximum Gasteiger partial charge on any atom is 0.405 e. The van der Waals surface area contributed by atoms with Gasteiger partial charge in [0.25, 0.3) is 0 Å². The Bertz CT molecular complexity index is 630. The maximum atomic E-state index is 13.0. The number of ether oxygens (including phenoxy) is 2. The van der Waals surface area contributed by atoms with Gasteiger partial charge in [0.15, 0.2) is 5.75 Å². The van der Waals surface area contributed by atoms with E-state index in [9.17, 15) is 14.4 Å². The number of carbonyl (C=O) groups is 1. The molecular weight excluding hydrogens is 265 g/mol. The lowest BCUT2D eigenvalue weighted by Crippen LogP contribution is -2.34. The van der Waals surface area contributed by atoms with Gasteiger partial charge >= 0.3 is 11.7 Å². The van der Waals surface area contributed by atoms with Gasteiger partial charge in [-0.3, -0.25) is 0 Å². The van der Waals surface area contributed by atoms with Gasteiger partial charge in [-0.1, -0.05) is 6.07 Å². The van der Waals surface area contributed by atoms with Crippen molar-refractivity contribution in [3.8, 4) is 11.5 Å². The Labute approximate surface area is 114 Å². The van der Waals surface area contributed by atoms with Crippen molar-refractivity contribution in [2.45, 2.75) is 6.92 Å². The first kappa shape index (κ1) is 13.8. The van der Waals surface area contributed by atoms with Crippen LogP contribution < -0.4 is 9.47 Å². The highest BCUT2D eigenvalue weighted by Crippen LogP contribution is 2.20. The van der Waals surface area contributed by atoms with Crippen LogP contribution in [-0.2, 0) is 4.74 Å². The van der Waals surface area contributed by atoms with Crippen LogP contribution in [0.15, 0.2) is 42.6 Å². The molecule has 0 aliphatic rings. The molecule has 0 spiro atoms. The van der Waals surface area contributed by atoms with Crippen LogP contribution in [0.3, 0.4) is 0 Å². The summed E-state index contributed by atoms with van der Waals surface area (Å²) in [7, 11) is 0. The SMILES string of the molecule is CCOC(=O)c1ccc(Oc2cccc(F)c2)c[n+]1[O-]. The average Bonchev–Trinajstić information content (AvgIpc) is 2.39. The molecule has 0 aliphatic heterocycles. The van der Waals surface area contributed by atoms with Crippen LogP contribution in [0.25, 0.3) is 0 Å². The summed E-state index contributed by atoms with van der Waals surface area (Å²) in [6, 6.07) is 8.24. The Morgan fingerprint density at radius 1 is 1.30 bits per heavy atom. The van der Waals surface area contributed by atoms with Crippen LogP contribution in [0.2, 0.25) is 0 Å². The topological polar surface area (TPSA) is 62.5 Å².